The molecule has 31 heavy (non-hydrogen) atoms. The van der Waals surface area contributed by atoms with E-state index in [0.29, 0.717) is 39.1 Å². The van der Waals surface area contributed by atoms with E-state index in [1.807, 2.05) is 0 Å². The second kappa shape index (κ2) is 10.0. The summed E-state index contributed by atoms with van der Waals surface area (Å²) >= 11 is 0. The number of hydrogen-bond donors (Lipinski definition) is 1. The number of carbonyl (C=O) groups excluding carboxylic acids is 2. The van der Waals surface area contributed by atoms with Gasteiger partial charge in [-0.05, 0) is 25.0 Å². The minimum Gasteiger partial charge on any atom is -0.389 e. The normalized spacial score (nSPS) is 29.6. The van der Waals surface area contributed by atoms with Crippen molar-refractivity contribution in [1.29, 1.82) is 0 Å². The van der Waals surface area contributed by atoms with Crippen molar-refractivity contribution in [3.8, 4) is 0 Å². The van der Waals surface area contributed by atoms with Crippen LogP contribution in [-0.4, -0.2) is 97.1 Å². The summed E-state index contributed by atoms with van der Waals surface area (Å²) in [5.74, 6) is -1.03. The van der Waals surface area contributed by atoms with Crippen molar-refractivity contribution in [3.05, 3.63) is 35.6 Å². The number of halogens is 1. The monoisotopic (exact) mass is 436 g/mol. The topological polar surface area (TPSA) is 88.5 Å². The lowest BCUT2D eigenvalue weighted by Gasteiger charge is -2.44. The fraction of sp³-hybridized carbons (Fsp3) is 0.636. The molecule has 1 aromatic carbocycles. The van der Waals surface area contributed by atoms with Crippen molar-refractivity contribution in [2.24, 2.45) is 0 Å². The number of morpholine rings is 1. The molecule has 0 aliphatic carbocycles. The quantitative estimate of drug-likeness (QED) is 0.755. The van der Waals surface area contributed by atoms with Crippen molar-refractivity contribution in [1.82, 2.24) is 9.80 Å². The predicted octanol–water partition coefficient (Wildman–Crippen LogP) is 0.824. The standard InChI is InChI=1S/C22H29FN2O6/c23-18-4-2-1-3-17(18)22(28)25-12-15(26)13-30-14-20-19(25)6-5-16(31-20)11-21(27)24-7-9-29-10-8-24/h1-4,15-16,19-20,26H,5-14H2/t15-,16+,19+,20-/m0/s1. The molecule has 3 aliphatic rings. The van der Waals surface area contributed by atoms with Crippen molar-refractivity contribution < 1.29 is 33.3 Å². The molecule has 8 nitrogen and oxygen atoms in total. The van der Waals surface area contributed by atoms with Gasteiger partial charge in [-0.25, -0.2) is 4.39 Å². The number of β-amino-alcohol motifs (C(OH)–C–C–N with tert-alkyl or cyclic N) is 1. The Kier molecular flexibility index (Phi) is 7.16. The number of aliphatic hydroxyl groups excluding tert-OH is 1. The van der Waals surface area contributed by atoms with E-state index in [1.165, 1.54) is 23.1 Å². The highest BCUT2D eigenvalue weighted by Gasteiger charge is 2.41. The molecule has 0 radical (unpaired) electrons. The number of aliphatic hydroxyl groups is 1. The first-order chi connectivity index (χ1) is 15.0. The summed E-state index contributed by atoms with van der Waals surface area (Å²) in [6.07, 6.45) is -0.129. The Hall–Kier alpha value is -2.07. The lowest BCUT2D eigenvalue weighted by Crippen LogP contribution is -2.57. The second-order valence-electron chi connectivity index (χ2n) is 8.27. The first-order valence-electron chi connectivity index (χ1n) is 10.8. The van der Waals surface area contributed by atoms with Gasteiger partial charge in [0.25, 0.3) is 5.91 Å². The number of amides is 2. The number of carbonyl (C=O) groups is 2. The maximum Gasteiger partial charge on any atom is 0.257 e. The van der Waals surface area contributed by atoms with E-state index >= 15 is 0 Å². The van der Waals surface area contributed by atoms with Gasteiger partial charge in [-0.1, -0.05) is 12.1 Å². The van der Waals surface area contributed by atoms with E-state index in [2.05, 4.69) is 0 Å². The average molecular weight is 436 g/mol. The summed E-state index contributed by atoms with van der Waals surface area (Å²) < 4.78 is 31.3. The van der Waals surface area contributed by atoms with Crippen molar-refractivity contribution in [3.63, 3.8) is 0 Å². The van der Waals surface area contributed by atoms with E-state index in [1.54, 1.807) is 11.0 Å². The van der Waals surface area contributed by atoms with Crippen LogP contribution in [0.25, 0.3) is 0 Å². The number of ether oxygens (including phenoxy) is 3. The molecule has 0 saturated carbocycles. The molecule has 0 unspecified atom stereocenters. The van der Waals surface area contributed by atoms with Gasteiger partial charge in [-0.2, -0.15) is 0 Å². The van der Waals surface area contributed by atoms with Gasteiger partial charge >= 0.3 is 0 Å². The highest BCUT2D eigenvalue weighted by molar-refractivity contribution is 5.94. The van der Waals surface area contributed by atoms with Gasteiger partial charge in [-0.3, -0.25) is 9.59 Å². The van der Waals surface area contributed by atoms with Gasteiger partial charge in [0.2, 0.25) is 5.91 Å². The summed E-state index contributed by atoms with van der Waals surface area (Å²) in [6, 6.07) is 5.48. The van der Waals surface area contributed by atoms with Crippen molar-refractivity contribution in [2.75, 3.05) is 46.1 Å². The average Bonchev–Trinajstić information content (AvgIpc) is 2.77. The minimum atomic E-state index is -0.864. The second-order valence-corrected chi connectivity index (χ2v) is 8.27. The van der Waals surface area contributed by atoms with Crippen LogP contribution in [0.3, 0.4) is 0 Å². The molecule has 0 bridgehead atoms. The first-order valence-corrected chi connectivity index (χ1v) is 10.8. The van der Waals surface area contributed by atoms with Gasteiger partial charge in [-0.15, -0.1) is 0 Å². The molecule has 4 rings (SSSR count). The summed E-state index contributed by atoms with van der Waals surface area (Å²) in [5.41, 5.74) is -0.0282. The van der Waals surface area contributed by atoms with Crippen LogP contribution in [0.1, 0.15) is 29.6 Å². The third kappa shape index (κ3) is 5.23. The fourth-order valence-electron chi connectivity index (χ4n) is 4.50. The van der Waals surface area contributed by atoms with E-state index in [-0.39, 0.29) is 49.8 Å². The molecule has 3 aliphatic heterocycles. The molecule has 1 N–H and O–H groups in total. The van der Waals surface area contributed by atoms with Crippen LogP contribution in [0.2, 0.25) is 0 Å². The lowest BCUT2D eigenvalue weighted by atomic mass is 9.94. The Labute approximate surface area is 180 Å². The van der Waals surface area contributed by atoms with Gasteiger partial charge in [0.05, 0.1) is 56.7 Å². The van der Waals surface area contributed by atoms with Crippen LogP contribution in [0.15, 0.2) is 24.3 Å². The number of hydrogen-bond acceptors (Lipinski definition) is 6. The number of fused-ring (bicyclic) bond motifs is 1. The molecule has 3 saturated heterocycles. The Morgan fingerprint density at radius 3 is 2.65 bits per heavy atom. The summed E-state index contributed by atoms with van der Waals surface area (Å²) in [6.45, 7) is 2.56. The molecule has 9 heteroatoms. The maximum atomic E-state index is 14.3. The molecule has 3 heterocycles. The molecule has 4 atom stereocenters. The largest absolute Gasteiger partial charge is 0.389 e. The van der Waals surface area contributed by atoms with Crippen LogP contribution >= 0.6 is 0 Å². The number of nitrogens with zero attached hydrogens (tertiary/aromatic N) is 2. The molecule has 0 aromatic heterocycles. The third-order valence-electron chi connectivity index (χ3n) is 6.11. The van der Waals surface area contributed by atoms with Crippen molar-refractivity contribution >= 4 is 11.8 Å². The lowest BCUT2D eigenvalue weighted by molar-refractivity contribution is -0.157. The van der Waals surface area contributed by atoms with E-state index in [9.17, 15) is 19.1 Å². The van der Waals surface area contributed by atoms with Crippen LogP contribution in [0.5, 0.6) is 0 Å². The predicted molar refractivity (Wildman–Crippen MR) is 108 cm³/mol. The highest BCUT2D eigenvalue weighted by Crippen LogP contribution is 2.29. The zero-order valence-electron chi connectivity index (χ0n) is 17.5. The molecule has 3 fully saturated rings. The van der Waals surface area contributed by atoms with E-state index in [0.717, 1.165) is 0 Å². The molecule has 1 aromatic rings. The first kappa shape index (κ1) is 22.1. The molecule has 2 amide bonds. The van der Waals surface area contributed by atoms with Gasteiger partial charge in [0, 0.05) is 19.6 Å². The van der Waals surface area contributed by atoms with Crippen LogP contribution in [0, 0.1) is 5.82 Å². The zero-order chi connectivity index (χ0) is 21.8. The van der Waals surface area contributed by atoms with E-state index in [4.69, 9.17) is 14.2 Å². The Balaban J connectivity index is 1.46. The highest BCUT2D eigenvalue weighted by atomic mass is 19.1. The smallest absolute Gasteiger partial charge is 0.257 e. The minimum absolute atomic E-state index is 0.0282. The van der Waals surface area contributed by atoms with Gasteiger partial charge in [0.15, 0.2) is 0 Å². The third-order valence-corrected chi connectivity index (χ3v) is 6.11. The van der Waals surface area contributed by atoms with Crippen LogP contribution in [-0.2, 0) is 19.0 Å². The Morgan fingerprint density at radius 1 is 1.10 bits per heavy atom. The molecular weight excluding hydrogens is 407 g/mol. The maximum absolute atomic E-state index is 14.3. The fourth-order valence-corrected chi connectivity index (χ4v) is 4.50. The van der Waals surface area contributed by atoms with Crippen molar-refractivity contribution in [2.45, 2.75) is 43.6 Å². The van der Waals surface area contributed by atoms with Crippen LogP contribution < -0.4 is 0 Å². The SMILES string of the molecule is O=C(C[C@H]1CC[C@@H]2[C@H](COC[C@@H](O)CN2C(=O)c2ccccc2F)O1)N1CCOCC1. The van der Waals surface area contributed by atoms with E-state index < -0.39 is 23.9 Å². The molecule has 170 valence electrons. The van der Waals surface area contributed by atoms with Crippen LogP contribution in [0.4, 0.5) is 4.39 Å². The number of rotatable bonds is 3. The Morgan fingerprint density at radius 2 is 1.87 bits per heavy atom. The van der Waals surface area contributed by atoms with Gasteiger partial charge < -0.3 is 29.1 Å². The van der Waals surface area contributed by atoms with Gasteiger partial charge in [0.1, 0.15) is 11.9 Å². The number of benzene rings is 1. The summed E-state index contributed by atoms with van der Waals surface area (Å²) in [5, 5.41) is 10.2. The molecular formula is C22H29FN2O6. The summed E-state index contributed by atoms with van der Waals surface area (Å²) in [4.78, 5) is 29.1. The summed E-state index contributed by atoms with van der Waals surface area (Å²) in [7, 11) is 0. The molecule has 0 spiro atoms. The Bertz CT molecular complexity index is 787. The zero-order valence-corrected chi connectivity index (χ0v) is 17.5.